The number of carbonyl (C=O) groups is 1. The van der Waals surface area contributed by atoms with E-state index in [1.165, 1.54) is 6.07 Å². The molecule has 0 fully saturated rings. The molecule has 0 unspecified atom stereocenters. The van der Waals surface area contributed by atoms with Gasteiger partial charge in [0.25, 0.3) is 5.91 Å². The maximum absolute atomic E-state index is 12.0. The van der Waals surface area contributed by atoms with E-state index >= 15 is 0 Å². The van der Waals surface area contributed by atoms with Crippen molar-refractivity contribution in [2.45, 2.75) is 6.92 Å². The van der Waals surface area contributed by atoms with Crippen LogP contribution in [0, 0.1) is 18.3 Å². The van der Waals surface area contributed by atoms with E-state index in [1.54, 1.807) is 43.3 Å². The monoisotopic (exact) mass is 252 g/mol. The summed E-state index contributed by atoms with van der Waals surface area (Å²) in [6.07, 6.45) is 0. The van der Waals surface area contributed by atoms with Crippen molar-refractivity contribution in [1.29, 1.82) is 5.26 Å². The Morgan fingerprint density at radius 2 is 1.89 bits per heavy atom. The van der Waals surface area contributed by atoms with Crippen molar-refractivity contribution in [3.05, 3.63) is 59.2 Å². The van der Waals surface area contributed by atoms with Gasteiger partial charge in [0.1, 0.15) is 5.75 Å². The molecule has 0 bridgehead atoms. The molecule has 0 aliphatic carbocycles. The Balaban J connectivity index is 2.16. The minimum absolute atomic E-state index is 0.191. The van der Waals surface area contributed by atoms with Crippen LogP contribution in [-0.4, -0.2) is 11.0 Å². The number of benzene rings is 2. The molecule has 0 aromatic heterocycles. The van der Waals surface area contributed by atoms with Crippen LogP contribution < -0.4 is 5.32 Å². The topological polar surface area (TPSA) is 73.1 Å². The van der Waals surface area contributed by atoms with Crippen LogP contribution in [0.1, 0.15) is 21.5 Å². The fraction of sp³-hybridized carbons (Fsp3) is 0.0667. The van der Waals surface area contributed by atoms with Gasteiger partial charge in [0.15, 0.2) is 0 Å². The predicted octanol–water partition coefficient (Wildman–Crippen LogP) is 2.82. The van der Waals surface area contributed by atoms with Gasteiger partial charge in [-0.3, -0.25) is 4.79 Å². The largest absolute Gasteiger partial charge is 0.508 e. The summed E-state index contributed by atoms with van der Waals surface area (Å²) in [5.74, 6) is -0.0639. The molecule has 0 saturated heterocycles. The highest BCUT2D eigenvalue weighted by atomic mass is 16.3. The number of aromatic hydroxyl groups is 1. The van der Waals surface area contributed by atoms with E-state index < -0.39 is 0 Å². The zero-order valence-corrected chi connectivity index (χ0v) is 10.3. The highest BCUT2D eigenvalue weighted by molar-refractivity contribution is 6.04. The highest BCUT2D eigenvalue weighted by Gasteiger charge is 2.06. The van der Waals surface area contributed by atoms with Crippen LogP contribution in [0.3, 0.4) is 0 Å². The molecule has 0 aliphatic rings. The first kappa shape index (κ1) is 12.7. The van der Waals surface area contributed by atoms with Crippen molar-refractivity contribution in [2.24, 2.45) is 0 Å². The van der Waals surface area contributed by atoms with Gasteiger partial charge in [0.2, 0.25) is 0 Å². The maximum atomic E-state index is 12.0. The van der Waals surface area contributed by atoms with Crippen LogP contribution >= 0.6 is 0 Å². The van der Waals surface area contributed by atoms with Crippen LogP contribution in [0.15, 0.2) is 42.5 Å². The lowest BCUT2D eigenvalue weighted by atomic mass is 10.1. The second kappa shape index (κ2) is 5.23. The SMILES string of the molecule is Cc1cc(NC(=O)c2ccc(C#N)cc2)ccc1O. The average molecular weight is 252 g/mol. The Hall–Kier alpha value is -2.80. The third kappa shape index (κ3) is 2.90. The van der Waals surface area contributed by atoms with E-state index in [0.29, 0.717) is 22.4 Å². The molecule has 4 heteroatoms. The van der Waals surface area contributed by atoms with Gasteiger partial charge in [-0.05, 0) is 55.0 Å². The Morgan fingerprint density at radius 3 is 2.47 bits per heavy atom. The number of aryl methyl sites for hydroxylation is 1. The molecule has 2 aromatic carbocycles. The van der Waals surface area contributed by atoms with Crippen molar-refractivity contribution in [3.8, 4) is 11.8 Å². The summed E-state index contributed by atoms with van der Waals surface area (Å²) in [4.78, 5) is 12.0. The summed E-state index contributed by atoms with van der Waals surface area (Å²) >= 11 is 0. The maximum Gasteiger partial charge on any atom is 0.255 e. The van der Waals surface area contributed by atoms with Gasteiger partial charge >= 0.3 is 0 Å². The lowest BCUT2D eigenvalue weighted by Gasteiger charge is -2.07. The van der Waals surface area contributed by atoms with E-state index in [9.17, 15) is 9.90 Å². The Bertz CT molecular complexity index is 655. The van der Waals surface area contributed by atoms with Crippen LogP contribution in [0.5, 0.6) is 5.75 Å². The Labute approximate surface area is 110 Å². The molecule has 0 spiro atoms. The van der Waals surface area contributed by atoms with E-state index in [-0.39, 0.29) is 11.7 Å². The van der Waals surface area contributed by atoms with Crippen molar-refractivity contribution in [1.82, 2.24) is 0 Å². The lowest BCUT2D eigenvalue weighted by Crippen LogP contribution is -2.11. The van der Waals surface area contributed by atoms with Gasteiger partial charge in [-0.2, -0.15) is 5.26 Å². The molecule has 0 atom stereocenters. The number of phenolic OH excluding ortho intramolecular Hbond substituents is 1. The quantitative estimate of drug-likeness (QED) is 0.807. The van der Waals surface area contributed by atoms with Crippen molar-refractivity contribution < 1.29 is 9.90 Å². The smallest absolute Gasteiger partial charge is 0.255 e. The molecule has 2 aromatic rings. The van der Waals surface area contributed by atoms with Gasteiger partial charge in [0.05, 0.1) is 11.6 Å². The number of carbonyl (C=O) groups excluding carboxylic acids is 1. The number of phenols is 1. The van der Waals surface area contributed by atoms with Crippen molar-refractivity contribution in [2.75, 3.05) is 5.32 Å². The lowest BCUT2D eigenvalue weighted by molar-refractivity contribution is 0.102. The summed E-state index contributed by atoms with van der Waals surface area (Å²) < 4.78 is 0. The normalized spacial score (nSPS) is 9.68. The van der Waals surface area contributed by atoms with Gasteiger partial charge in [0, 0.05) is 11.3 Å². The molecule has 4 nitrogen and oxygen atoms in total. The third-order valence-electron chi connectivity index (χ3n) is 2.73. The second-order valence-corrected chi connectivity index (χ2v) is 4.14. The molecule has 2 N–H and O–H groups in total. The van der Waals surface area contributed by atoms with Crippen LogP contribution in [0.25, 0.3) is 0 Å². The average Bonchev–Trinajstić information content (AvgIpc) is 2.43. The molecule has 2 rings (SSSR count). The molecule has 0 aliphatic heterocycles. The van der Waals surface area contributed by atoms with Crippen LogP contribution in [0.4, 0.5) is 5.69 Å². The zero-order valence-electron chi connectivity index (χ0n) is 10.3. The summed E-state index contributed by atoms with van der Waals surface area (Å²) in [6, 6.07) is 13.2. The van der Waals surface area contributed by atoms with E-state index in [0.717, 1.165) is 0 Å². The third-order valence-corrected chi connectivity index (χ3v) is 2.73. The number of hydrogen-bond acceptors (Lipinski definition) is 3. The molecule has 0 radical (unpaired) electrons. The number of nitriles is 1. The molecule has 19 heavy (non-hydrogen) atoms. The van der Waals surface area contributed by atoms with E-state index in [1.807, 2.05) is 6.07 Å². The summed E-state index contributed by atoms with van der Waals surface area (Å²) in [5.41, 5.74) is 2.30. The highest BCUT2D eigenvalue weighted by Crippen LogP contribution is 2.20. The second-order valence-electron chi connectivity index (χ2n) is 4.14. The van der Waals surface area contributed by atoms with Gasteiger partial charge in [-0.25, -0.2) is 0 Å². The molecule has 1 amide bonds. The molecular weight excluding hydrogens is 240 g/mol. The summed E-state index contributed by atoms with van der Waals surface area (Å²) in [6.45, 7) is 1.76. The minimum atomic E-state index is -0.255. The Kier molecular flexibility index (Phi) is 3.48. The van der Waals surface area contributed by atoms with Crippen LogP contribution in [0.2, 0.25) is 0 Å². The molecule has 0 heterocycles. The fourth-order valence-corrected chi connectivity index (χ4v) is 1.63. The number of rotatable bonds is 2. The molecular formula is C15H12N2O2. The van der Waals surface area contributed by atoms with Gasteiger partial charge in [-0.15, -0.1) is 0 Å². The molecule has 0 saturated carbocycles. The first-order valence-corrected chi connectivity index (χ1v) is 5.71. The predicted molar refractivity (Wildman–Crippen MR) is 72.0 cm³/mol. The van der Waals surface area contributed by atoms with E-state index in [4.69, 9.17) is 5.26 Å². The number of nitrogens with zero attached hydrogens (tertiary/aromatic N) is 1. The minimum Gasteiger partial charge on any atom is -0.508 e. The van der Waals surface area contributed by atoms with Gasteiger partial charge in [-0.1, -0.05) is 0 Å². The zero-order chi connectivity index (χ0) is 13.8. The fourth-order valence-electron chi connectivity index (χ4n) is 1.63. The van der Waals surface area contributed by atoms with Crippen molar-refractivity contribution in [3.63, 3.8) is 0 Å². The Morgan fingerprint density at radius 1 is 1.21 bits per heavy atom. The number of nitrogens with one attached hydrogen (secondary N) is 1. The van der Waals surface area contributed by atoms with Crippen molar-refractivity contribution >= 4 is 11.6 Å². The molecule has 94 valence electrons. The van der Waals surface area contributed by atoms with E-state index in [2.05, 4.69) is 5.32 Å². The first-order valence-electron chi connectivity index (χ1n) is 5.71. The summed E-state index contributed by atoms with van der Waals surface area (Å²) in [7, 11) is 0. The summed E-state index contributed by atoms with van der Waals surface area (Å²) in [5, 5.41) is 20.8. The number of anilines is 1. The number of hydrogen-bond donors (Lipinski definition) is 2. The standard InChI is InChI=1S/C15H12N2O2/c1-10-8-13(6-7-14(10)18)17-15(19)12-4-2-11(9-16)3-5-12/h2-8,18H,1H3,(H,17,19). The first-order chi connectivity index (χ1) is 9.10. The van der Waals surface area contributed by atoms with Gasteiger partial charge < -0.3 is 10.4 Å². The number of amides is 1. The van der Waals surface area contributed by atoms with Crippen LogP contribution in [-0.2, 0) is 0 Å².